The van der Waals surface area contributed by atoms with Gasteiger partial charge in [-0.15, -0.1) is 0 Å². The van der Waals surface area contributed by atoms with Gasteiger partial charge in [-0.2, -0.15) is 0 Å². The summed E-state index contributed by atoms with van der Waals surface area (Å²) in [4.78, 5) is 41.9. The van der Waals surface area contributed by atoms with Crippen LogP contribution in [0.4, 0.5) is 0 Å². The maximum Gasteiger partial charge on any atom is 0.328 e. The summed E-state index contributed by atoms with van der Waals surface area (Å²) in [5.74, 6) is 8.83. The van der Waals surface area contributed by atoms with Gasteiger partial charge in [-0.3, -0.25) is 9.59 Å². The predicted molar refractivity (Wildman–Crippen MR) is 319 cm³/mol. The molecule has 0 radical (unpaired) electrons. The lowest BCUT2D eigenvalue weighted by molar-refractivity contribution is -0.157. The Morgan fingerprint density at radius 3 is 1.47 bits per heavy atom. The molecule has 0 unspecified atom stereocenters. The molecule has 0 saturated heterocycles. The monoisotopic (exact) mass is 1070 g/mol. The van der Waals surface area contributed by atoms with Gasteiger partial charge in [0.15, 0.2) is 0 Å². The summed E-state index contributed by atoms with van der Waals surface area (Å²) < 4.78 is 12.8. The van der Waals surface area contributed by atoms with Crippen molar-refractivity contribution >= 4 is 17.8 Å². The molecule has 8 rings (SSSR count). The Morgan fingerprint density at radius 2 is 0.987 bits per heavy atom. The number of amides is 1. The van der Waals surface area contributed by atoms with Crippen LogP contribution in [0.3, 0.4) is 0 Å². The first kappa shape index (κ1) is 61.0. The minimum absolute atomic E-state index is 0.0988. The van der Waals surface area contributed by atoms with Gasteiger partial charge < -0.3 is 14.8 Å². The summed E-state index contributed by atoms with van der Waals surface area (Å²) in [6.45, 7) is 27.4. The van der Waals surface area contributed by atoms with Crippen LogP contribution in [0.5, 0.6) is 0 Å². The van der Waals surface area contributed by atoms with Gasteiger partial charge in [0.1, 0.15) is 18.2 Å². The summed E-state index contributed by atoms with van der Waals surface area (Å²) in [5.41, 5.74) is 4.33. The van der Waals surface area contributed by atoms with E-state index in [1.807, 2.05) is 0 Å². The molecule has 17 atom stereocenters. The summed E-state index contributed by atoms with van der Waals surface area (Å²) >= 11 is 0. The van der Waals surface area contributed by atoms with E-state index in [9.17, 15) is 14.4 Å². The maximum absolute atomic E-state index is 14.4. The number of allylic oxidation sites excluding steroid dienone is 2. The molecule has 77 heavy (non-hydrogen) atoms. The first-order chi connectivity index (χ1) is 36.8. The van der Waals surface area contributed by atoms with E-state index in [2.05, 4.69) is 93.6 Å². The molecule has 0 aromatic heterocycles. The average molecular weight is 1070 g/mol. The molecule has 0 heterocycles. The third-order valence-electron chi connectivity index (χ3n) is 24.9. The van der Waals surface area contributed by atoms with Gasteiger partial charge in [0.2, 0.25) is 5.91 Å². The van der Waals surface area contributed by atoms with Crippen molar-refractivity contribution in [3.05, 3.63) is 23.3 Å². The lowest BCUT2D eigenvalue weighted by atomic mass is 9.47. The molecule has 438 valence electrons. The van der Waals surface area contributed by atoms with Gasteiger partial charge in [-0.25, -0.2) is 4.79 Å². The fourth-order valence-electron chi connectivity index (χ4n) is 20.4. The van der Waals surface area contributed by atoms with Crippen LogP contribution in [0, 0.1) is 92.7 Å². The van der Waals surface area contributed by atoms with Gasteiger partial charge in [-0.1, -0.05) is 189 Å². The van der Waals surface area contributed by atoms with Gasteiger partial charge in [0.25, 0.3) is 0 Å². The third-order valence-corrected chi connectivity index (χ3v) is 24.9. The molecule has 1 amide bonds. The highest BCUT2D eigenvalue weighted by molar-refractivity contribution is 5.85. The Hall–Kier alpha value is -2.11. The number of rotatable bonds is 27. The first-order valence-corrected chi connectivity index (χ1v) is 33.9. The summed E-state index contributed by atoms with van der Waals surface area (Å²) in [6.07, 6.45) is 43.4. The van der Waals surface area contributed by atoms with Crippen molar-refractivity contribution in [3.63, 3.8) is 0 Å². The molecular weight excluding hydrogens is 947 g/mol. The van der Waals surface area contributed by atoms with Gasteiger partial charge in [0.05, 0.1) is 0 Å². The Bertz CT molecular complexity index is 2000. The van der Waals surface area contributed by atoms with Crippen molar-refractivity contribution in [3.8, 4) is 0 Å². The molecule has 0 bridgehead atoms. The van der Waals surface area contributed by atoms with E-state index >= 15 is 0 Å². The van der Waals surface area contributed by atoms with E-state index in [4.69, 9.17) is 9.47 Å². The fourth-order valence-corrected chi connectivity index (χ4v) is 20.4. The molecule has 6 fully saturated rings. The van der Waals surface area contributed by atoms with Crippen LogP contribution >= 0.6 is 0 Å². The number of hydrogen-bond acceptors (Lipinski definition) is 5. The zero-order chi connectivity index (χ0) is 55.1. The van der Waals surface area contributed by atoms with Crippen molar-refractivity contribution in [2.45, 2.75) is 313 Å². The molecular formula is C71H119NO5. The van der Waals surface area contributed by atoms with Crippen LogP contribution in [0.15, 0.2) is 23.3 Å². The molecule has 0 spiro atoms. The number of carbonyl (C=O) groups excluding carboxylic acids is 3. The second kappa shape index (κ2) is 26.9. The molecule has 8 aliphatic carbocycles. The summed E-state index contributed by atoms with van der Waals surface area (Å²) in [5, 5.41) is 3.11. The number of nitrogens with one attached hydrogen (secondary N) is 1. The van der Waals surface area contributed by atoms with Gasteiger partial charge in [-0.05, 0) is 195 Å². The van der Waals surface area contributed by atoms with Crippen LogP contribution in [-0.2, 0) is 23.9 Å². The fraction of sp³-hybridized carbons (Fsp3) is 0.901. The minimum Gasteiger partial charge on any atom is -0.462 e. The van der Waals surface area contributed by atoms with Crippen molar-refractivity contribution in [1.82, 2.24) is 5.32 Å². The minimum atomic E-state index is -0.853. The predicted octanol–water partition coefficient (Wildman–Crippen LogP) is 19.1. The first-order valence-electron chi connectivity index (χ1n) is 33.9. The number of ether oxygens (including phenoxy) is 2. The standard InChI is InChI=1S/C71H119NO5/c1-12-13-14-15-16-17-18-19-20-27-65(73)72-64(67(75)77-55-39-43-69(9)53(47-55)29-31-57-61-35-33-59(51(7)26-22-24-49(4)5)71(61,11)45-41-63(57)69)36-37-66(74)76-54-38-42-68(8)52(46-54)28-30-56-60-34-32-58(50(6)25-21-23-48(2)3)70(60,10)44-40-62(56)68/h28-29,48-51,54-64H,12-27,30-47H2,1-11H3,(H,72,73)/t50-,51-,54+,55+,56+,57+,58-,59-,60+,61+,62+,63+,64+,68+,69+,70-,71-/m1/s1. The average Bonchev–Trinajstić information content (AvgIpc) is 3.95. The largest absolute Gasteiger partial charge is 0.462 e. The quantitative estimate of drug-likeness (QED) is 0.0504. The SMILES string of the molecule is CCCCCCCCCCCC(=O)N[C@@H](CCC(=O)O[C@H]1CC[C@@]2(C)C(=CC[C@H]3[C@@H]4CC[C@H]([C@H](C)CCCC(C)C)[C@@]4(C)CC[C@@H]32)C1)C(=O)O[C@H]1CC[C@@]2(C)C(=CC[C@H]3[C@@H]4CC[C@H]([C@H](C)CCCC(C)C)[C@@]4(C)CC[C@@H]32)C1. The molecule has 8 aliphatic rings. The van der Waals surface area contributed by atoms with E-state index in [0.29, 0.717) is 23.2 Å². The normalized spacial score (nSPS) is 37.5. The Balaban J connectivity index is 0.852. The van der Waals surface area contributed by atoms with E-state index in [1.165, 1.54) is 152 Å². The Morgan fingerprint density at radius 1 is 0.519 bits per heavy atom. The molecule has 6 nitrogen and oxygen atoms in total. The molecule has 0 aromatic rings. The molecule has 6 saturated carbocycles. The second-order valence-corrected chi connectivity index (χ2v) is 30.5. The zero-order valence-electron chi connectivity index (χ0n) is 51.9. The number of hydrogen-bond donors (Lipinski definition) is 1. The topological polar surface area (TPSA) is 81.7 Å². The molecule has 6 heteroatoms. The summed E-state index contributed by atoms with van der Waals surface area (Å²) in [7, 11) is 0. The third kappa shape index (κ3) is 13.9. The van der Waals surface area contributed by atoms with Crippen molar-refractivity contribution in [2.24, 2.45) is 92.7 Å². The van der Waals surface area contributed by atoms with E-state index in [0.717, 1.165) is 123 Å². The Kier molecular flexibility index (Phi) is 21.3. The smallest absolute Gasteiger partial charge is 0.328 e. The molecule has 1 N–H and O–H groups in total. The highest BCUT2D eigenvalue weighted by Gasteiger charge is 2.61. The molecule has 0 aliphatic heterocycles. The van der Waals surface area contributed by atoms with E-state index in [-0.39, 0.29) is 53.7 Å². The Labute approximate surface area is 473 Å². The van der Waals surface area contributed by atoms with E-state index in [1.54, 1.807) is 0 Å². The maximum atomic E-state index is 14.4. The number of carbonyl (C=O) groups is 3. The van der Waals surface area contributed by atoms with E-state index < -0.39 is 6.04 Å². The number of fused-ring (bicyclic) bond motifs is 10. The van der Waals surface area contributed by atoms with Crippen molar-refractivity contribution in [1.29, 1.82) is 0 Å². The molecule has 0 aromatic carbocycles. The van der Waals surface area contributed by atoms with Crippen molar-refractivity contribution < 1.29 is 23.9 Å². The summed E-state index contributed by atoms with van der Waals surface area (Å²) in [6, 6.07) is -0.853. The van der Waals surface area contributed by atoms with Crippen molar-refractivity contribution in [2.75, 3.05) is 0 Å². The highest BCUT2D eigenvalue weighted by atomic mass is 16.5. The van der Waals surface area contributed by atoms with Crippen LogP contribution in [0.25, 0.3) is 0 Å². The van der Waals surface area contributed by atoms with Gasteiger partial charge in [0, 0.05) is 25.7 Å². The van der Waals surface area contributed by atoms with Gasteiger partial charge >= 0.3 is 11.9 Å². The van der Waals surface area contributed by atoms with Crippen LogP contribution in [0.1, 0.15) is 294 Å². The number of esters is 2. The van der Waals surface area contributed by atoms with Crippen LogP contribution < -0.4 is 5.32 Å². The number of unbranched alkanes of at least 4 members (excludes halogenated alkanes) is 8. The lowest BCUT2D eigenvalue weighted by Crippen LogP contribution is -2.51. The second-order valence-electron chi connectivity index (χ2n) is 30.5. The van der Waals surface area contributed by atoms with Crippen LogP contribution in [-0.4, -0.2) is 36.1 Å². The van der Waals surface area contributed by atoms with Crippen LogP contribution in [0.2, 0.25) is 0 Å². The zero-order valence-corrected chi connectivity index (χ0v) is 51.9. The lowest BCUT2D eigenvalue weighted by Gasteiger charge is -2.58. The highest BCUT2D eigenvalue weighted by Crippen LogP contribution is 2.69.